The Morgan fingerprint density at radius 1 is 1.53 bits per heavy atom. The monoisotopic (exact) mass is 412 g/mol. The summed E-state index contributed by atoms with van der Waals surface area (Å²) in [5, 5.41) is 1.95. The van der Waals surface area contributed by atoms with Gasteiger partial charge in [-0.3, -0.25) is 4.79 Å². The van der Waals surface area contributed by atoms with Crippen LogP contribution in [0.2, 0.25) is 0 Å². The van der Waals surface area contributed by atoms with E-state index in [4.69, 9.17) is 0 Å². The van der Waals surface area contributed by atoms with E-state index in [1.165, 1.54) is 22.7 Å². The van der Waals surface area contributed by atoms with Gasteiger partial charge >= 0.3 is 0 Å². The number of rotatable bonds is 2. The van der Waals surface area contributed by atoms with Gasteiger partial charge in [0.15, 0.2) is 0 Å². The number of carbonyl (C=O) groups excluding carboxylic acids is 1. The van der Waals surface area contributed by atoms with E-state index in [9.17, 15) is 4.79 Å². The molecule has 0 aliphatic carbocycles. The molecule has 1 nitrogen and oxygen atoms in total. The first-order valence-corrected chi connectivity index (χ1v) is 7.70. The SMILES string of the molecule is Cc1sc(C(=O)c2sccc2I)cc1Br. The van der Waals surface area contributed by atoms with Crippen LogP contribution in [0, 0.1) is 10.5 Å². The normalized spacial score (nSPS) is 10.6. The van der Waals surface area contributed by atoms with Crippen molar-refractivity contribution in [3.8, 4) is 0 Å². The van der Waals surface area contributed by atoms with Crippen LogP contribution in [0.4, 0.5) is 0 Å². The zero-order valence-corrected chi connectivity index (χ0v) is 13.1. The molecule has 0 bridgehead atoms. The summed E-state index contributed by atoms with van der Waals surface area (Å²) in [5.74, 6) is 0.133. The second kappa shape index (κ2) is 4.65. The van der Waals surface area contributed by atoms with Crippen molar-refractivity contribution in [1.29, 1.82) is 0 Å². The Labute approximate surface area is 118 Å². The molecule has 2 aromatic heterocycles. The van der Waals surface area contributed by atoms with E-state index in [0.717, 1.165) is 22.7 Å². The largest absolute Gasteiger partial charge is 0.287 e. The quantitative estimate of drug-likeness (QED) is 0.515. The topological polar surface area (TPSA) is 17.1 Å². The lowest BCUT2D eigenvalue weighted by molar-refractivity contribution is 0.104. The fraction of sp³-hybridized carbons (Fsp3) is 0.100. The number of aryl methyl sites for hydroxylation is 1. The third-order valence-electron chi connectivity index (χ3n) is 1.90. The maximum atomic E-state index is 12.1. The van der Waals surface area contributed by atoms with Crippen LogP contribution in [0.15, 0.2) is 22.0 Å². The molecule has 0 atom stereocenters. The van der Waals surface area contributed by atoms with Crippen molar-refractivity contribution >= 4 is 67.0 Å². The third kappa shape index (κ3) is 2.35. The Balaban J connectivity index is 2.41. The molecule has 5 heteroatoms. The Morgan fingerprint density at radius 2 is 2.27 bits per heavy atom. The van der Waals surface area contributed by atoms with Gasteiger partial charge in [0.1, 0.15) is 0 Å². The molecular formula is C10H6BrIOS2. The first-order chi connectivity index (χ1) is 7.09. The van der Waals surface area contributed by atoms with Gasteiger partial charge in [0.05, 0.1) is 9.75 Å². The zero-order chi connectivity index (χ0) is 11.0. The molecule has 15 heavy (non-hydrogen) atoms. The molecule has 2 rings (SSSR count). The van der Waals surface area contributed by atoms with Crippen LogP contribution in [-0.2, 0) is 0 Å². The minimum Gasteiger partial charge on any atom is -0.287 e. The van der Waals surface area contributed by atoms with Gasteiger partial charge in [-0.25, -0.2) is 0 Å². The van der Waals surface area contributed by atoms with Crippen LogP contribution in [0.1, 0.15) is 19.4 Å². The third-order valence-corrected chi connectivity index (χ3v) is 6.22. The average Bonchev–Trinajstić information content (AvgIpc) is 2.74. The molecule has 2 aromatic rings. The highest BCUT2D eigenvalue weighted by Crippen LogP contribution is 2.30. The fourth-order valence-electron chi connectivity index (χ4n) is 1.14. The predicted molar refractivity (Wildman–Crippen MR) is 77.2 cm³/mol. The molecule has 0 radical (unpaired) electrons. The van der Waals surface area contributed by atoms with Gasteiger partial charge in [-0.15, -0.1) is 22.7 Å². The van der Waals surface area contributed by atoms with Crippen molar-refractivity contribution in [2.75, 3.05) is 0 Å². The van der Waals surface area contributed by atoms with E-state index in [1.807, 2.05) is 24.4 Å². The van der Waals surface area contributed by atoms with E-state index < -0.39 is 0 Å². The summed E-state index contributed by atoms with van der Waals surface area (Å²) in [7, 11) is 0. The van der Waals surface area contributed by atoms with Gasteiger partial charge in [-0.2, -0.15) is 0 Å². The molecule has 0 spiro atoms. The van der Waals surface area contributed by atoms with Crippen molar-refractivity contribution in [2.24, 2.45) is 0 Å². The molecule has 0 saturated heterocycles. The highest BCUT2D eigenvalue weighted by Gasteiger charge is 2.16. The molecule has 78 valence electrons. The van der Waals surface area contributed by atoms with Crippen molar-refractivity contribution in [1.82, 2.24) is 0 Å². The van der Waals surface area contributed by atoms with Gasteiger partial charge < -0.3 is 0 Å². The molecule has 0 aromatic carbocycles. The highest BCUT2D eigenvalue weighted by atomic mass is 127. The molecule has 0 amide bonds. The van der Waals surface area contributed by atoms with E-state index in [2.05, 4.69) is 38.5 Å². The fourth-order valence-corrected chi connectivity index (χ4v) is 4.47. The van der Waals surface area contributed by atoms with Gasteiger partial charge in [0.25, 0.3) is 0 Å². The van der Waals surface area contributed by atoms with Crippen molar-refractivity contribution in [2.45, 2.75) is 6.92 Å². The molecule has 0 aliphatic heterocycles. The molecule has 2 heterocycles. The number of ketones is 1. The second-order valence-corrected chi connectivity index (χ2v) is 7.13. The second-order valence-electron chi connectivity index (χ2n) is 2.94. The van der Waals surface area contributed by atoms with Crippen LogP contribution in [0.3, 0.4) is 0 Å². The summed E-state index contributed by atoms with van der Waals surface area (Å²) >= 11 is 8.66. The predicted octanol–water partition coefficient (Wildman–Crippen LogP) is 4.72. The first-order valence-electron chi connectivity index (χ1n) is 4.13. The summed E-state index contributed by atoms with van der Waals surface area (Å²) < 4.78 is 2.05. The van der Waals surface area contributed by atoms with Crippen molar-refractivity contribution < 1.29 is 4.79 Å². The smallest absolute Gasteiger partial charge is 0.213 e. The summed E-state index contributed by atoms with van der Waals surface area (Å²) in [5.41, 5.74) is 0. The molecule has 0 saturated carbocycles. The van der Waals surface area contributed by atoms with E-state index >= 15 is 0 Å². The van der Waals surface area contributed by atoms with Crippen LogP contribution >= 0.6 is 61.2 Å². The van der Waals surface area contributed by atoms with E-state index in [-0.39, 0.29) is 5.78 Å². The molecule has 0 unspecified atom stereocenters. The zero-order valence-electron chi connectivity index (χ0n) is 7.71. The van der Waals surface area contributed by atoms with Gasteiger partial charge in [0, 0.05) is 12.9 Å². The maximum absolute atomic E-state index is 12.1. The van der Waals surface area contributed by atoms with Gasteiger partial charge in [0.2, 0.25) is 5.78 Å². The Bertz CT molecular complexity index is 496. The average molecular weight is 413 g/mol. The molecule has 0 N–H and O–H groups in total. The van der Waals surface area contributed by atoms with Crippen LogP contribution in [0.5, 0.6) is 0 Å². The lowest BCUT2D eigenvalue weighted by Gasteiger charge is -1.93. The van der Waals surface area contributed by atoms with Crippen molar-refractivity contribution in [3.05, 3.63) is 40.2 Å². The Kier molecular flexibility index (Phi) is 3.64. The van der Waals surface area contributed by atoms with E-state index in [1.54, 1.807) is 0 Å². The number of thiophene rings is 2. The lowest BCUT2D eigenvalue weighted by atomic mass is 10.3. The van der Waals surface area contributed by atoms with Crippen molar-refractivity contribution in [3.63, 3.8) is 0 Å². The van der Waals surface area contributed by atoms with Gasteiger partial charge in [-0.05, 0) is 63.0 Å². The van der Waals surface area contributed by atoms with Crippen LogP contribution in [0.25, 0.3) is 0 Å². The summed E-state index contributed by atoms with van der Waals surface area (Å²) in [6.45, 7) is 2.00. The van der Waals surface area contributed by atoms with Gasteiger partial charge in [-0.1, -0.05) is 0 Å². The summed E-state index contributed by atoms with van der Waals surface area (Å²) in [6.07, 6.45) is 0. The lowest BCUT2D eigenvalue weighted by Crippen LogP contribution is -1.96. The number of hydrogen-bond donors (Lipinski definition) is 0. The molecule has 0 fully saturated rings. The Morgan fingerprint density at radius 3 is 2.73 bits per heavy atom. The number of hydrogen-bond acceptors (Lipinski definition) is 3. The highest BCUT2D eigenvalue weighted by molar-refractivity contribution is 14.1. The summed E-state index contributed by atoms with van der Waals surface area (Å²) in [4.78, 5) is 14.9. The van der Waals surface area contributed by atoms with E-state index in [0.29, 0.717) is 0 Å². The minimum atomic E-state index is 0.133. The maximum Gasteiger partial charge on any atom is 0.213 e. The minimum absolute atomic E-state index is 0.133. The number of carbonyl (C=O) groups is 1. The first kappa shape index (κ1) is 11.8. The Hall–Kier alpha value is 0.280. The van der Waals surface area contributed by atoms with Crippen LogP contribution < -0.4 is 0 Å². The van der Waals surface area contributed by atoms with Crippen LogP contribution in [-0.4, -0.2) is 5.78 Å². The standard InChI is InChI=1S/C10H6BrIOS2/c1-5-6(11)4-8(15-5)9(13)10-7(12)2-3-14-10/h2-4H,1H3. The summed E-state index contributed by atoms with van der Waals surface area (Å²) in [6, 6.07) is 3.87. The number of halogens is 2. The molecular weight excluding hydrogens is 407 g/mol. The molecule has 0 aliphatic rings.